The van der Waals surface area contributed by atoms with Crippen LogP contribution in [0.4, 0.5) is 0 Å². The molecule has 2 heterocycles. The van der Waals surface area contributed by atoms with Gasteiger partial charge in [0.05, 0.1) is 0 Å². The summed E-state index contributed by atoms with van der Waals surface area (Å²) in [6.45, 7) is 2.98. The molecule has 0 bridgehead atoms. The number of hydrogen-bond acceptors (Lipinski definition) is 3. The van der Waals surface area contributed by atoms with Crippen molar-refractivity contribution in [1.29, 1.82) is 0 Å². The molecular weight excluding hydrogens is 348 g/mol. The second-order valence-electron chi connectivity index (χ2n) is 7.45. The van der Waals surface area contributed by atoms with Gasteiger partial charge >= 0.3 is 0 Å². The Morgan fingerprint density at radius 3 is 2.32 bits per heavy atom. The lowest BCUT2D eigenvalue weighted by Crippen LogP contribution is -2.44. The highest BCUT2D eigenvalue weighted by Gasteiger charge is 2.22. The van der Waals surface area contributed by atoms with E-state index >= 15 is 0 Å². The van der Waals surface area contributed by atoms with Crippen LogP contribution in [0, 0.1) is 0 Å². The van der Waals surface area contributed by atoms with Gasteiger partial charge in [-0.3, -0.25) is 14.8 Å². The minimum absolute atomic E-state index is 0.0860. The number of aromatic nitrogens is 2. The van der Waals surface area contributed by atoms with Gasteiger partial charge in [-0.1, -0.05) is 60.7 Å². The Labute approximate surface area is 165 Å². The van der Waals surface area contributed by atoms with Crippen LogP contribution in [-0.2, 0) is 13.0 Å². The first-order chi connectivity index (χ1) is 13.8. The fourth-order valence-corrected chi connectivity index (χ4v) is 3.72. The minimum Gasteiger partial charge on any atom is -0.348 e. The molecule has 1 saturated heterocycles. The summed E-state index contributed by atoms with van der Waals surface area (Å²) in [5.41, 5.74) is 3.96. The molecule has 5 heteroatoms. The number of amides is 1. The van der Waals surface area contributed by atoms with E-state index in [0.29, 0.717) is 5.69 Å². The summed E-state index contributed by atoms with van der Waals surface area (Å²) in [4.78, 5) is 15.0. The highest BCUT2D eigenvalue weighted by Crippen LogP contribution is 2.15. The van der Waals surface area contributed by atoms with Crippen molar-refractivity contribution in [2.45, 2.75) is 31.8 Å². The maximum Gasteiger partial charge on any atom is 0.271 e. The van der Waals surface area contributed by atoms with Crippen LogP contribution in [0.15, 0.2) is 66.7 Å². The van der Waals surface area contributed by atoms with Crippen LogP contribution >= 0.6 is 0 Å². The molecule has 2 N–H and O–H groups in total. The molecule has 0 spiro atoms. The number of rotatable bonds is 6. The van der Waals surface area contributed by atoms with E-state index in [4.69, 9.17) is 0 Å². The van der Waals surface area contributed by atoms with E-state index < -0.39 is 0 Å². The summed E-state index contributed by atoms with van der Waals surface area (Å²) in [6.07, 6.45) is 2.69. The van der Waals surface area contributed by atoms with Gasteiger partial charge in [0.25, 0.3) is 5.91 Å². The second-order valence-corrected chi connectivity index (χ2v) is 7.45. The Balaban J connectivity index is 1.26. The van der Waals surface area contributed by atoms with E-state index in [0.717, 1.165) is 44.6 Å². The third-order valence-electron chi connectivity index (χ3n) is 5.27. The fourth-order valence-electron chi connectivity index (χ4n) is 3.72. The predicted octanol–water partition coefficient (Wildman–Crippen LogP) is 3.39. The molecule has 1 aromatic heterocycles. The Morgan fingerprint density at radius 2 is 1.64 bits per heavy atom. The fraction of sp³-hybridized carbons (Fsp3) is 0.304. The van der Waals surface area contributed by atoms with Gasteiger partial charge in [0.1, 0.15) is 5.69 Å². The van der Waals surface area contributed by atoms with Gasteiger partial charge in [0, 0.05) is 37.8 Å². The molecule has 0 saturated carbocycles. The van der Waals surface area contributed by atoms with Crippen molar-refractivity contribution in [1.82, 2.24) is 20.4 Å². The third-order valence-corrected chi connectivity index (χ3v) is 5.27. The molecule has 3 aromatic rings. The van der Waals surface area contributed by atoms with Crippen LogP contribution in [0.3, 0.4) is 0 Å². The number of aromatic amines is 1. The van der Waals surface area contributed by atoms with E-state index in [1.54, 1.807) is 0 Å². The molecule has 1 amide bonds. The molecule has 5 nitrogen and oxygen atoms in total. The Kier molecular flexibility index (Phi) is 5.83. The van der Waals surface area contributed by atoms with Crippen LogP contribution in [0.2, 0.25) is 0 Å². The number of H-pyrrole nitrogens is 1. The second kappa shape index (κ2) is 8.85. The first kappa shape index (κ1) is 18.4. The minimum atomic E-state index is -0.0860. The number of carbonyl (C=O) groups excluding carboxylic acids is 1. The molecule has 2 aromatic carbocycles. The Hall–Kier alpha value is -2.92. The highest BCUT2D eigenvalue weighted by atomic mass is 16.2. The number of hydrogen-bond donors (Lipinski definition) is 2. The Bertz CT molecular complexity index is 883. The summed E-state index contributed by atoms with van der Waals surface area (Å²) in [6, 6.07) is 22.8. The quantitative estimate of drug-likeness (QED) is 0.695. The molecule has 0 atom stereocenters. The van der Waals surface area contributed by atoms with Gasteiger partial charge in [-0.25, -0.2) is 0 Å². The zero-order valence-electron chi connectivity index (χ0n) is 16.0. The third kappa shape index (κ3) is 4.87. The van der Waals surface area contributed by atoms with Crippen molar-refractivity contribution in [3.05, 3.63) is 89.2 Å². The van der Waals surface area contributed by atoms with Crippen molar-refractivity contribution in [3.63, 3.8) is 0 Å². The van der Waals surface area contributed by atoms with Crippen LogP contribution in [0.25, 0.3) is 0 Å². The molecule has 0 aliphatic carbocycles. The lowest BCUT2D eigenvalue weighted by atomic mass is 10.0. The standard InChI is InChI=1S/C23H26N4O/c28-23(22-16-21(25-26-22)15-18-7-3-1-4-8-18)24-20-11-13-27(14-12-20)17-19-9-5-2-6-10-19/h1-10,16,20H,11-15,17H2,(H,24,28)(H,25,26). The summed E-state index contributed by atoms with van der Waals surface area (Å²) in [7, 11) is 0. The number of benzene rings is 2. The Morgan fingerprint density at radius 1 is 1.00 bits per heavy atom. The topological polar surface area (TPSA) is 61.0 Å². The summed E-state index contributed by atoms with van der Waals surface area (Å²) < 4.78 is 0. The first-order valence-corrected chi connectivity index (χ1v) is 9.91. The van der Waals surface area contributed by atoms with Gasteiger partial charge in [0.2, 0.25) is 0 Å². The molecule has 1 aliphatic heterocycles. The maximum atomic E-state index is 12.5. The van der Waals surface area contributed by atoms with Crippen molar-refractivity contribution in [2.75, 3.05) is 13.1 Å². The SMILES string of the molecule is O=C(NC1CCN(Cc2ccccc2)CC1)c1cc(Cc2ccccc2)[nH]n1. The lowest BCUT2D eigenvalue weighted by Gasteiger charge is -2.32. The van der Waals surface area contributed by atoms with Gasteiger partial charge in [-0.15, -0.1) is 0 Å². The van der Waals surface area contributed by atoms with Crippen LogP contribution in [0.5, 0.6) is 0 Å². The molecule has 0 radical (unpaired) electrons. The van der Waals surface area contributed by atoms with E-state index in [2.05, 4.69) is 56.8 Å². The van der Waals surface area contributed by atoms with E-state index in [9.17, 15) is 4.79 Å². The van der Waals surface area contributed by atoms with Crippen molar-refractivity contribution in [2.24, 2.45) is 0 Å². The van der Waals surface area contributed by atoms with Crippen molar-refractivity contribution in [3.8, 4) is 0 Å². The van der Waals surface area contributed by atoms with E-state index in [1.165, 1.54) is 11.1 Å². The van der Waals surface area contributed by atoms with E-state index in [1.807, 2.05) is 30.3 Å². The average Bonchev–Trinajstić information content (AvgIpc) is 3.20. The zero-order valence-corrected chi connectivity index (χ0v) is 16.0. The zero-order chi connectivity index (χ0) is 19.2. The number of piperidine rings is 1. The van der Waals surface area contributed by atoms with Crippen LogP contribution in [-0.4, -0.2) is 40.1 Å². The molecule has 1 fully saturated rings. The summed E-state index contributed by atoms with van der Waals surface area (Å²) >= 11 is 0. The largest absolute Gasteiger partial charge is 0.348 e. The molecule has 144 valence electrons. The van der Waals surface area contributed by atoms with Crippen molar-refractivity contribution < 1.29 is 4.79 Å². The average molecular weight is 374 g/mol. The van der Waals surface area contributed by atoms with Crippen LogP contribution < -0.4 is 5.32 Å². The van der Waals surface area contributed by atoms with Gasteiger partial charge < -0.3 is 5.32 Å². The number of carbonyl (C=O) groups is 1. The van der Waals surface area contributed by atoms with Crippen molar-refractivity contribution >= 4 is 5.91 Å². The molecule has 1 aliphatic rings. The first-order valence-electron chi connectivity index (χ1n) is 9.91. The smallest absolute Gasteiger partial charge is 0.271 e. The predicted molar refractivity (Wildman–Crippen MR) is 110 cm³/mol. The number of nitrogens with one attached hydrogen (secondary N) is 2. The summed E-state index contributed by atoms with van der Waals surface area (Å²) in [5.74, 6) is -0.0860. The molecule has 28 heavy (non-hydrogen) atoms. The highest BCUT2D eigenvalue weighted by molar-refractivity contribution is 5.92. The molecule has 0 unspecified atom stereocenters. The number of likely N-dealkylation sites (tertiary alicyclic amines) is 1. The lowest BCUT2D eigenvalue weighted by molar-refractivity contribution is 0.0904. The van der Waals surface area contributed by atoms with Gasteiger partial charge in [0.15, 0.2) is 0 Å². The molecule has 4 rings (SSSR count). The molecular formula is C23H26N4O. The number of nitrogens with zero attached hydrogens (tertiary/aromatic N) is 2. The normalized spacial score (nSPS) is 15.4. The monoisotopic (exact) mass is 374 g/mol. The maximum absolute atomic E-state index is 12.5. The van der Waals surface area contributed by atoms with Crippen LogP contribution in [0.1, 0.15) is 40.2 Å². The van der Waals surface area contributed by atoms with Gasteiger partial charge in [-0.2, -0.15) is 5.10 Å². The van der Waals surface area contributed by atoms with E-state index in [-0.39, 0.29) is 11.9 Å². The van der Waals surface area contributed by atoms with Gasteiger partial charge in [-0.05, 0) is 30.0 Å². The summed E-state index contributed by atoms with van der Waals surface area (Å²) in [5, 5.41) is 10.3.